The maximum Gasteiger partial charge on any atom is 0.256 e. The molecule has 1 atom stereocenters. The molecule has 0 radical (unpaired) electrons. The van der Waals surface area contributed by atoms with Crippen LogP contribution in [0, 0.1) is 0 Å². The molecule has 22 heavy (non-hydrogen) atoms. The van der Waals surface area contributed by atoms with Crippen LogP contribution in [0.3, 0.4) is 0 Å². The Labute approximate surface area is 128 Å². The summed E-state index contributed by atoms with van der Waals surface area (Å²) in [6.45, 7) is 0. The zero-order chi connectivity index (χ0) is 15.2. The molecule has 2 heterocycles. The first-order chi connectivity index (χ1) is 10.7. The molecule has 0 saturated carbocycles. The lowest BCUT2D eigenvalue weighted by Gasteiger charge is -2.20. The summed E-state index contributed by atoms with van der Waals surface area (Å²) in [6, 6.07) is 15.4. The van der Waals surface area contributed by atoms with Crippen molar-refractivity contribution >= 4 is 17.3 Å². The topological polar surface area (TPSA) is 62.7 Å². The van der Waals surface area contributed by atoms with Gasteiger partial charge in [0.2, 0.25) is 0 Å². The molecule has 2 aliphatic heterocycles. The first kappa shape index (κ1) is 12.9. The quantitative estimate of drug-likeness (QED) is 0.892. The molecule has 2 aromatic carbocycles. The Hall–Kier alpha value is -2.82. The number of rotatable bonds is 2. The van der Waals surface area contributed by atoms with Crippen molar-refractivity contribution in [2.24, 2.45) is 5.10 Å². The predicted octanol–water partition coefficient (Wildman–Crippen LogP) is 2.24. The van der Waals surface area contributed by atoms with Gasteiger partial charge in [-0.2, -0.15) is 5.10 Å². The Kier molecular flexibility index (Phi) is 2.69. The standard InChI is InChI=1S/C17H15N3O2/c1-22-12-6-4-5-11(9-12)15-10-17(20-19-15)13-7-2-3-8-14(13)18-16(17)21/h2-9,20H,10H2,1H3,(H,18,21). The van der Waals surface area contributed by atoms with E-state index in [0.29, 0.717) is 6.42 Å². The van der Waals surface area contributed by atoms with E-state index in [1.807, 2.05) is 48.5 Å². The van der Waals surface area contributed by atoms with Crippen LogP contribution in [0.15, 0.2) is 53.6 Å². The first-order valence-electron chi connectivity index (χ1n) is 7.12. The molecule has 5 nitrogen and oxygen atoms in total. The molecule has 1 amide bonds. The lowest BCUT2D eigenvalue weighted by molar-refractivity contribution is -0.121. The summed E-state index contributed by atoms with van der Waals surface area (Å²) >= 11 is 0. The van der Waals surface area contributed by atoms with E-state index < -0.39 is 5.54 Å². The molecular formula is C17H15N3O2. The average Bonchev–Trinajstić information content (AvgIpc) is 3.12. The van der Waals surface area contributed by atoms with Gasteiger partial charge in [-0.15, -0.1) is 0 Å². The van der Waals surface area contributed by atoms with Crippen LogP contribution in [0.25, 0.3) is 0 Å². The van der Waals surface area contributed by atoms with Gasteiger partial charge < -0.3 is 10.1 Å². The van der Waals surface area contributed by atoms with Crippen molar-refractivity contribution in [1.82, 2.24) is 5.43 Å². The van der Waals surface area contributed by atoms with E-state index in [9.17, 15) is 4.79 Å². The number of fused-ring (bicyclic) bond motifs is 2. The number of methoxy groups -OCH3 is 1. The van der Waals surface area contributed by atoms with E-state index in [4.69, 9.17) is 4.74 Å². The molecule has 2 aromatic rings. The van der Waals surface area contributed by atoms with Crippen LogP contribution in [0.1, 0.15) is 17.5 Å². The van der Waals surface area contributed by atoms with Crippen LogP contribution < -0.4 is 15.5 Å². The lowest BCUT2D eigenvalue weighted by atomic mass is 9.86. The number of nitrogens with one attached hydrogen (secondary N) is 2. The Bertz CT molecular complexity index is 800. The van der Waals surface area contributed by atoms with E-state index in [0.717, 1.165) is 28.3 Å². The van der Waals surface area contributed by atoms with E-state index in [1.54, 1.807) is 7.11 Å². The molecule has 5 heteroatoms. The van der Waals surface area contributed by atoms with Gasteiger partial charge in [0.15, 0.2) is 5.54 Å². The van der Waals surface area contributed by atoms with E-state index in [-0.39, 0.29) is 5.91 Å². The molecular weight excluding hydrogens is 278 g/mol. The Balaban J connectivity index is 1.71. The summed E-state index contributed by atoms with van der Waals surface area (Å²) in [5.74, 6) is 0.716. The highest BCUT2D eigenvalue weighted by molar-refractivity contribution is 6.13. The Morgan fingerprint density at radius 2 is 2.05 bits per heavy atom. The van der Waals surface area contributed by atoms with Gasteiger partial charge >= 0.3 is 0 Å². The van der Waals surface area contributed by atoms with Crippen LogP contribution in [0.2, 0.25) is 0 Å². The zero-order valence-electron chi connectivity index (χ0n) is 12.1. The van der Waals surface area contributed by atoms with Crippen LogP contribution >= 0.6 is 0 Å². The summed E-state index contributed by atoms with van der Waals surface area (Å²) in [5.41, 5.74) is 5.87. The molecule has 2 aliphatic rings. The van der Waals surface area contributed by atoms with Crippen molar-refractivity contribution in [3.63, 3.8) is 0 Å². The first-order valence-corrected chi connectivity index (χ1v) is 7.12. The van der Waals surface area contributed by atoms with Gasteiger partial charge in [-0.05, 0) is 18.2 Å². The predicted molar refractivity (Wildman–Crippen MR) is 84.0 cm³/mol. The number of nitrogens with zero attached hydrogens (tertiary/aromatic N) is 1. The Morgan fingerprint density at radius 3 is 2.91 bits per heavy atom. The zero-order valence-corrected chi connectivity index (χ0v) is 12.1. The van der Waals surface area contributed by atoms with Crippen molar-refractivity contribution in [1.29, 1.82) is 0 Å². The van der Waals surface area contributed by atoms with E-state index >= 15 is 0 Å². The summed E-state index contributed by atoms with van der Waals surface area (Å²) < 4.78 is 5.25. The lowest BCUT2D eigenvalue weighted by Crippen LogP contribution is -2.42. The Morgan fingerprint density at radius 1 is 1.18 bits per heavy atom. The fraction of sp³-hybridized carbons (Fsp3) is 0.176. The second-order valence-electron chi connectivity index (χ2n) is 5.48. The normalized spacial score (nSPS) is 22.0. The van der Waals surface area contributed by atoms with E-state index in [2.05, 4.69) is 15.8 Å². The number of carbonyl (C=O) groups excluding carboxylic acids is 1. The van der Waals surface area contributed by atoms with Crippen molar-refractivity contribution in [3.05, 3.63) is 59.7 Å². The molecule has 0 aliphatic carbocycles. The summed E-state index contributed by atoms with van der Waals surface area (Å²) in [7, 11) is 1.63. The number of para-hydroxylation sites is 1. The maximum absolute atomic E-state index is 12.5. The van der Waals surface area contributed by atoms with Gasteiger partial charge in [0.25, 0.3) is 5.91 Å². The van der Waals surface area contributed by atoms with Gasteiger partial charge in [0.05, 0.1) is 12.8 Å². The third-order valence-electron chi connectivity index (χ3n) is 4.24. The average molecular weight is 293 g/mol. The summed E-state index contributed by atoms with van der Waals surface area (Å²) in [6.07, 6.45) is 0.517. The van der Waals surface area contributed by atoms with Crippen LogP contribution in [-0.2, 0) is 10.3 Å². The fourth-order valence-electron chi connectivity index (χ4n) is 3.06. The highest BCUT2D eigenvalue weighted by Crippen LogP contribution is 2.41. The molecule has 1 spiro atoms. The summed E-state index contributed by atoms with van der Waals surface area (Å²) in [4.78, 5) is 12.5. The molecule has 2 N–H and O–H groups in total. The molecule has 1 unspecified atom stereocenters. The number of ether oxygens (including phenoxy) is 1. The van der Waals surface area contributed by atoms with Gasteiger partial charge in [0, 0.05) is 23.2 Å². The minimum atomic E-state index is -0.797. The maximum atomic E-state index is 12.5. The van der Waals surface area contributed by atoms with Gasteiger partial charge in [-0.1, -0.05) is 30.3 Å². The highest BCUT2D eigenvalue weighted by atomic mass is 16.5. The van der Waals surface area contributed by atoms with Gasteiger partial charge in [-0.25, -0.2) is 0 Å². The third kappa shape index (κ3) is 1.72. The molecule has 4 rings (SSSR count). The number of hydrogen-bond acceptors (Lipinski definition) is 4. The molecule has 0 bridgehead atoms. The molecule has 0 aromatic heterocycles. The van der Waals surface area contributed by atoms with Crippen LogP contribution in [0.4, 0.5) is 5.69 Å². The monoisotopic (exact) mass is 293 g/mol. The third-order valence-corrected chi connectivity index (χ3v) is 4.24. The van der Waals surface area contributed by atoms with Gasteiger partial charge in [0.1, 0.15) is 5.75 Å². The number of hydrogen-bond donors (Lipinski definition) is 2. The van der Waals surface area contributed by atoms with Crippen molar-refractivity contribution in [2.75, 3.05) is 12.4 Å². The van der Waals surface area contributed by atoms with Crippen LogP contribution in [-0.4, -0.2) is 18.7 Å². The molecule has 110 valence electrons. The SMILES string of the molecule is COc1cccc(C2=NNC3(C2)C(=O)Nc2ccccc23)c1. The molecule has 0 saturated heterocycles. The minimum absolute atomic E-state index is 0.0599. The van der Waals surface area contributed by atoms with Crippen molar-refractivity contribution in [2.45, 2.75) is 12.0 Å². The second-order valence-corrected chi connectivity index (χ2v) is 5.48. The van der Waals surface area contributed by atoms with Crippen molar-refractivity contribution < 1.29 is 9.53 Å². The summed E-state index contributed by atoms with van der Waals surface area (Å²) in [5, 5.41) is 7.34. The molecule has 0 fully saturated rings. The fourth-order valence-corrected chi connectivity index (χ4v) is 3.06. The number of amides is 1. The van der Waals surface area contributed by atoms with E-state index in [1.165, 1.54) is 0 Å². The van der Waals surface area contributed by atoms with Crippen molar-refractivity contribution in [3.8, 4) is 5.75 Å². The second kappa shape index (κ2) is 4.59. The minimum Gasteiger partial charge on any atom is -0.497 e. The number of benzene rings is 2. The smallest absolute Gasteiger partial charge is 0.256 e. The van der Waals surface area contributed by atoms with Gasteiger partial charge in [-0.3, -0.25) is 10.2 Å². The highest BCUT2D eigenvalue weighted by Gasteiger charge is 2.50. The number of hydrazone groups is 1. The van der Waals surface area contributed by atoms with Crippen LogP contribution in [0.5, 0.6) is 5.75 Å². The largest absolute Gasteiger partial charge is 0.497 e. The number of carbonyl (C=O) groups is 1. The number of anilines is 1.